The second-order valence-corrected chi connectivity index (χ2v) is 11.3. The second-order valence-electron chi connectivity index (χ2n) is 11.3. The van der Waals surface area contributed by atoms with E-state index in [1.165, 1.54) is 5.56 Å². The SMILES string of the molecule is CC(CC(=O)N(Cc1ccc(C(C)(C)C)cc1)C1CCCCNC1=O)CC(C)(C)C. The summed E-state index contributed by atoms with van der Waals surface area (Å²) in [6.07, 6.45) is 4.16. The van der Waals surface area contributed by atoms with E-state index >= 15 is 0 Å². The number of nitrogens with one attached hydrogen (secondary N) is 1. The molecule has 1 aromatic rings. The minimum Gasteiger partial charge on any atom is -0.354 e. The van der Waals surface area contributed by atoms with Gasteiger partial charge in [-0.25, -0.2) is 0 Å². The maximum Gasteiger partial charge on any atom is 0.242 e. The van der Waals surface area contributed by atoms with Crippen LogP contribution in [0.15, 0.2) is 24.3 Å². The third-order valence-corrected chi connectivity index (χ3v) is 5.86. The number of benzene rings is 1. The number of nitrogens with zero attached hydrogens (tertiary/aromatic N) is 1. The molecule has 4 heteroatoms. The van der Waals surface area contributed by atoms with Crippen LogP contribution < -0.4 is 5.32 Å². The minimum absolute atomic E-state index is 0.00404. The zero-order valence-electron chi connectivity index (χ0n) is 20.2. The molecule has 2 unspecified atom stereocenters. The largest absolute Gasteiger partial charge is 0.354 e. The number of carbonyl (C=O) groups excluding carboxylic acids is 2. The van der Waals surface area contributed by atoms with Crippen LogP contribution in [-0.4, -0.2) is 29.3 Å². The fraction of sp³-hybridized carbons (Fsp3) is 0.692. The molecule has 0 spiro atoms. The highest BCUT2D eigenvalue weighted by molar-refractivity contribution is 5.87. The first-order valence-electron chi connectivity index (χ1n) is 11.5. The van der Waals surface area contributed by atoms with Gasteiger partial charge in [0.1, 0.15) is 6.04 Å². The average Bonchev–Trinajstić information content (AvgIpc) is 2.82. The lowest BCUT2D eigenvalue weighted by Gasteiger charge is -2.32. The van der Waals surface area contributed by atoms with Crippen molar-refractivity contribution in [1.82, 2.24) is 10.2 Å². The van der Waals surface area contributed by atoms with Crippen molar-refractivity contribution in [3.8, 4) is 0 Å². The van der Waals surface area contributed by atoms with Gasteiger partial charge >= 0.3 is 0 Å². The normalized spacial score (nSPS) is 19.0. The minimum atomic E-state index is -0.371. The molecule has 2 rings (SSSR count). The van der Waals surface area contributed by atoms with Crippen molar-refractivity contribution in [2.24, 2.45) is 11.3 Å². The van der Waals surface area contributed by atoms with Crippen LogP contribution in [-0.2, 0) is 21.5 Å². The number of hydrogen-bond donors (Lipinski definition) is 1. The van der Waals surface area contributed by atoms with E-state index in [-0.39, 0.29) is 34.6 Å². The quantitative estimate of drug-likeness (QED) is 0.673. The maximum absolute atomic E-state index is 13.4. The lowest BCUT2D eigenvalue weighted by Crippen LogP contribution is -2.48. The van der Waals surface area contributed by atoms with Crippen LogP contribution in [0.3, 0.4) is 0 Å². The fourth-order valence-corrected chi connectivity index (χ4v) is 4.43. The second kappa shape index (κ2) is 9.98. The molecule has 1 N–H and O–H groups in total. The molecule has 0 aromatic heterocycles. The summed E-state index contributed by atoms with van der Waals surface area (Å²) in [4.78, 5) is 28.0. The van der Waals surface area contributed by atoms with Gasteiger partial charge in [0.25, 0.3) is 0 Å². The summed E-state index contributed by atoms with van der Waals surface area (Å²) in [5.41, 5.74) is 2.64. The molecule has 1 aromatic carbocycles. The van der Waals surface area contributed by atoms with Crippen LogP contribution in [0.2, 0.25) is 0 Å². The smallest absolute Gasteiger partial charge is 0.242 e. The van der Waals surface area contributed by atoms with E-state index in [0.717, 1.165) is 31.2 Å². The molecule has 2 atom stereocenters. The van der Waals surface area contributed by atoms with Gasteiger partial charge in [0.05, 0.1) is 0 Å². The van der Waals surface area contributed by atoms with Crippen LogP contribution in [0.1, 0.15) is 91.7 Å². The molecule has 2 amide bonds. The zero-order valence-corrected chi connectivity index (χ0v) is 20.2. The Morgan fingerprint density at radius 2 is 1.73 bits per heavy atom. The van der Waals surface area contributed by atoms with E-state index in [2.05, 4.69) is 78.0 Å². The van der Waals surface area contributed by atoms with Crippen molar-refractivity contribution in [3.63, 3.8) is 0 Å². The van der Waals surface area contributed by atoms with E-state index in [9.17, 15) is 9.59 Å². The Morgan fingerprint density at radius 1 is 1.10 bits per heavy atom. The lowest BCUT2D eigenvalue weighted by molar-refractivity contribution is -0.142. The van der Waals surface area contributed by atoms with Crippen LogP contribution in [0, 0.1) is 11.3 Å². The van der Waals surface area contributed by atoms with Crippen LogP contribution in [0.5, 0.6) is 0 Å². The van der Waals surface area contributed by atoms with Crippen molar-refractivity contribution in [2.75, 3.05) is 6.54 Å². The highest BCUT2D eigenvalue weighted by Crippen LogP contribution is 2.28. The summed E-state index contributed by atoms with van der Waals surface area (Å²) in [5.74, 6) is 0.376. The van der Waals surface area contributed by atoms with Crippen LogP contribution in [0.4, 0.5) is 0 Å². The first-order chi connectivity index (χ1) is 13.9. The number of carbonyl (C=O) groups is 2. The van der Waals surface area contributed by atoms with Crippen molar-refractivity contribution in [1.29, 1.82) is 0 Å². The monoisotopic (exact) mass is 414 g/mol. The Kier molecular flexibility index (Phi) is 8.13. The fourth-order valence-electron chi connectivity index (χ4n) is 4.43. The van der Waals surface area contributed by atoms with E-state index in [1.807, 2.05) is 4.90 Å². The molecule has 168 valence electrons. The van der Waals surface area contributed by atoms with Gasteiger partial charge in [0.2, 0.25) is 11.8 Å². The predicted molar refractivity (Wildman–Crippen MR) is 124 cm³/mol. The molecule has 0 bridgehead atoms. The van der Waals surface area contributed by atoms with E-state index in [4.69, 9.17) is 0 Å². The average molecular weight is 415 g/mol. The first-order valence-corrected chi connectivity index (χ1v) is 11.5. The predicted octanol–water partition coefficient (Wildman–Crippen LogP) is 5.44. The highest BCUT2D eigenvalue weighted by atomic mass is 16.2. The van der Waals surface area contributed by atoms with E-state index < -0.39 is 0 Å². The van der Waals surface area contributed by atoms with Crippen molar-refractivity contribution >= 4 is 11.8 Å². The molecule has 1 aliphatic rings. The summed E-state index contributed by atoms with van der Waals surface area (Å²) < 4.78 is 0. The lowest BCUT2D eigenvalue weighted by atomic mass is 9.84. The molecular weight excluding hydrogens is 372 g/mol. The Labute approximate surface area is 183 Å². The van der Waals surface area contributed by atoms with Gasteiger partial charge in [0.15, 0.2) is 0 Å². The Morgan fingerprint density at radius 3 is 2.30 bits per heavy atom. The molecule has 1 aliphatic heterocycles. The molecule has 0 aliphatic carbocycles. The summed E-state index contributed by atoms with van der Waals surface area (Å²) in [6, 6.07) is 8.13. The van der Waals surface area contributed by atoms with Gasteiger partial charge in [-0.1, -0.05) is 72.7 Å². The molecule has 30 heavy (non-hydrogen) atoms. The third kappa shape index (κ3) is 7.45. The van der Waals surface area contributed by atoms with Gasteiger partial charge < -0.3 is 10.2 Å². The Bertz CT molecular complexity index is 710. The van der Waals surface area contributed by atoms with Crippen molar-refractivity contribution in [2.45, 2.75) is 98.6 Å². The Hall–Kier alpha value is -1.84. The number of hydrogen-bond acceptors (Lipinski definition) is 2. The number of amides is 2. The standard InChI is InChI=1S/C26H42N2O2/c1-19(17-25(2,3)4)16-23(29)28(22-10-8-9-15-27-24(22)30)18-20-11-13-21(14-12-20)26(5,6)7/h11-14,19,22H,8-10,15-18H2,1-7H3,(H,27,30). The van der Waals surface area contributed by atoms with Crippen molar-refractivity contribution < 1.29 is 9.59 Å². The molecular formula is C26H42N2O2. The van der Waals surface area contributed by atoms with E-state index in [1.54, 1.807) is 0 Å². The van der Waals surface area contributed by atoms with E-state index in [0.29, 0.717) is 19.5 Å². The van der Waals surface area contributed by atoms with Gasteiger partial charge in [-0.15, -0.1) is 0 Å². The molecule has 1 heterocycles. The summed E-state index contributed by atoms with van der Waals surface area (Å²) in [7, 11) is 0. The molecule has 1 saturated heterocycles. The topological polar surface area (TPSA) is 49.4 Å². The van der Waals surface area contributed by atoms with Gasteiger partial charge in [-0.05, 0) is 53.6 Å². The zero-order chi connectivity index (χ0) is 22.5. The molecule has 1 fully saturated rings. The maximum atomic E-state index is 13.4. The molecule has 4 nitrogen and oxygen atoms in total. The Balaban J connectivity index is 2.22. The number of rotatable bonds is 6. The highest BCUT2D eigenvalue weighted by Gasteiger charge is 2.32. The van der Waals surface area contributed by atoms with Gasteiger partial charge in [0, 0.05) is 19.5 Å². The van der Waals surface area contributed by atoms with Crippen molar-refractivity contribution in [3.05, 3.63) is 35.4 Å². The van der Waals surface area contributed by atoms with Gasteiger partial charge in [-0.2, -0.15) is 0 Å². The van der Waals surface area contributed by atoms with Crippen LogP contribution >= 0.6 is 0 Å². The first kappa shape index (κ1) is 24.4. The third-order valence-electron chi connectivity index (χ3n) is 5.86. The summed E-state index contributed by atoms with van der Waals surface area (Å²) >= 11 is 0. The summed E-state index contributed by atoms with van der Waals surface area (Å²) in [6.45, 7) is 16.6. The molecule has 0 saturated carbocycles. The van der Waals surface area contributed by atoms with Gasteiger partial charge in [-0.3, -0.25) is 9.59 Å². The molecule has 0 radical (unpaired) electrons. The van der Waals surface area contributed by atoms with Crippen LogP contribution in [0.25, 0.3) is 0 Å². The summed E-state index contributed by atoms with van der Waals surface area (Å²) in [5, 5.41) is 3.00.